The quantitative estimate of drug-likeness (QED) is 0.758. The van der Waals surface area contributed by atoms with E-state index >= 15 is 0 Å². The molecule has 2 aliphatic heterocycles. The van der Waals surface area contributed by atoms with E-state index in [1.807, 2.05) is 42.2 Å². The van der Waals surface area contributed by atoms with E-state index in [-0.39, 0.29) is 18.4 Å². The Hall–Kier alpha value is -2.55. The molecule has 2 aromatic rings. The second-order valence-corrected chi connectivity index (χ2v) is 8.13. The van der Waals surface area contributed by atoms with Crippen molar-refractivity contribution in [3.05, 3.63) is 52.3 Å². The molecule has 2 atom stereocenters. The van der Waals surface area contributed by atoms with Crippen LogP contribution < -0.4 is 15.4 Å². The Morgan fingerprint density at radius 3 is 2.50 bits per heavy atom. The third-order valence-electron chi connectivity index (χ3n) is 6.05. The molecule has 6 nitrogen and oxygen atoms in total. The number of aromatic nitrogens is 2. The zero-order valence-corrected chi connectivity index (χ0v) is 17.0. The molecule has 4 rings (SSSR count). The van der Waals surface area contributed by atoms with E-state index in [0.717, 1.165) is 17.1 Å². The van der Waals surface area contributed by atoms with Crippen molar-refractivity contribution in [2.24, 2.45) is 0 Å². The minimum Gasteiger partial charge on any atom is -0.378 e. The van der Waals surface area contributed by atoms with Crippen LogP contribution in [-0.4, -0.2) is 54.1 Å². The van der Waals surface area contributed by atoms with Crippen molar-refractivity contribution in [2.75, 3.05) is 42.6 Å². The van der Waals surface area contributed by atoms with Crippen molar-refractivity contribution >= 4 is 11.8 Å². The molecule has 30 heavy (non-hydrogen) atoms. The summed E-state index contributed by atoms with van der Waals surface area (Å²) in [6, 6.07) is 10.7. The first-order valence-electron chi connectivity index (χ1n) is 10.0. The molecular weight excluding hydrogens is 397 g/mol. The van der Waals surface area contributed by atoms with Crippen molar-refractivity contribution in [1.82, 2.24) is 9.55 Å². The maximum absolute atomic E-state index is 14.2. The lowest BCUT2D eigenvalue weighted by Crippen LogP contribution is -2.56. The number of fused-ring (bicyclic) bond motifs is 1. The van der Waals surface area contributed by atoms with Crippen LogP contribution in [0.2, 0.25) is 0 Å². The van der Waals surface area contributed by atoms with Gasteiger partial charge in [0.2, 0.25) is 5.95 Å². The van der Waals surface area contributed by atoms with Gasteiger partial charge in [-0.15, -0.1) is 0 Å². The van der Waals surface area contributed by atoms with Gasteiger partial charge in [0.1, 0.15) is 5.82 Å². The van der Waals surface area contributed by atoms with Crippen molar-refractivity contribution < 1.29 is 17.9 Å². The summed E-state index contributed by atoms with van der Waals surface area (Å²) in [5, 5.41) is 0. The molecule has 1 saturated heterocycles. The van der Waals surface area contributed by atoms with Crippen LogP contribution in [0.15, 0.2) is 41.2 Å². The lowest BCUT2D eigenvalue weighted by atomic mass is 9.96. The van der Waals surface area contributed by atoms with E-state index in [1.165, 1.54) is 11.0 Å². The topological polar surface area (TPSA) is 50.6 Å². The molecule has 1 aromatic carbocycles. The lowest BCUT2D eigenvalue weighted by molar-refractivity contribution is -0.182. The Bertz CT molecular complexity index is 957. The molecule has 9 heteroatoms. The second kappa shape index (κ2) is 7.61. The summed E-state index contributed by atoms with van der Waals surface area (Å²) in [6.45, 7) is 4.75. The summed E-state index contributed by atoms with van der Waals surface area (Å²) in [5.41, 5.74) is -1.74. The molecule has 0 unspecified atom stereocenters. The van der Waals surface area contributed by atoms with Gasteiger partial charge in [-0.3, -0.25) is 9.36 Å². The average molecular weight is 422 g/mol. The highest BCUT2D eigenvalue weighted by molar-refractivity contribution is 5.50. The van der Waals surface area contributed by atoms with Gasteiger partial charge in [0.15, 0.2) is 5.54 Å². The SMILES string of the molecule is C[C@H](CN1c2nc(N3CCOCC3)cc(=O)n2C[C@@]1(C)C(F)(F)F)c1ccccc1. The van der Waals surface area contributed by atoms with Crippen LogP contribution >= 0.6 is 0 Å². The van der Waals surface area contributed by atoms with Gasteiger partial charge in [0, 0.05) is 25.7 Å². The molecule has 0 amide bonds. The molecule has 2 aliphatic rings. The highest BCUT2D eigenvalue weighted by Gasteiger charge is 2.60. The zero-order valence-electron chi connectivity index (χ0n) is 17.0. The predicted octanol–water partition coefficient (Wildman–Crippen LogP) is 3.02. The van der Waals surface area contributed by atoms with Crippen LogP contribution in [0.4, 0.5) is 24.9 Å². The molecule has 0 bridgehead atoms. The smallest absolute Gasteiger partial charge is 0.378 e. The van der Waals surface area contributed by atoms with Gasteiger partial charge >= 0.3 is 6.18 Å². The maximum atomic E-state index is 14.2. The number of anilines is 2. The monoisotopic (exact) mass is 422 g/mol. The molecule has 1 aromatic heterocycles. The largest absolute Gasteiger partial charge is 0.413 e. The van der Waals surface area contributed by atoms with Gasteiger partial charge in [0.25, 0.3) is 5.56 Å². The van der Waals surface area contributed by atoms with Gasteiger partial charge in [0.05, 0.1) is 19.8 Å². The number of hydrogen-bond acceptors (Lipinski definition) is 5. The molecule has 0 N–H and O–H groups in total. The third kappa shape index (κ3) is 3.55. The molecule has 0 saturated carbocycles. The average Bonchev–Trinajstić information content (AvgIpc) is 3.03. The van der Waals surface area contributed by atoms with Crippen LogP contribution in [0, 0.1) is 0 Å². The van der Waals surface area contributed by atoms with Crippen LogP contribution in [0.3, 0.4) is 0 Å². The Balaban J connectivity index is 1.75. The third-order valence-corrected chi connectivity index (χ3v) is 6.05. The Kier molecular flexibility index (Phi) is 5.25. The van der Waals surface area contributed by atoms with E-state index in [4.69, 9.17) is 4.74 Å². The summed E-state index contributed by atoms with van der Waals surface area (Å²) < 4.78 is 49.0. The number of rotatable bonds is 4. The normalized spacial score (nSPS) is 22.8. The van der Waals surface area contributed by atoms with Gasteiger partial charge in [-0.05, 0) is 18.4 Å². The highest BCUT2D eigenvalue weighted by Crippen LogP contribution is 2.44. The molecule has 0 aliphatic carbocycles. The van der Waals surface area contributed by atoms with Gasteiger partial charge < -0.3 is 14.5 Å². The van der Waals surface area contributed by atoms with Crippen LogP contribution in [-0.2, 0) is 11.3 Å². The number of benzene rings is 1. The first-order chi connectivity index (χ1) is 14.2. The van der Waals surface area contributed by atoms with Crippen molar-refractivity contribution in [3.8, 4) is 0 Å². The van der Waals surface area contributed by atoms with Gasteiger partial charge in [-0.2, -0.15) is 18.2 Å². The summed E-state index contributed by atoms with van der Waals surface area (Å²) in [6.07, 6.45) is -4.53. The molecule has 3 heterocycles. The Morgan fingerprint density at radius 1 is 1.20 bits per heavy atom. The number of morpholine rings is 1. The van der Waals surface area contributed by atoms with Crippen molar-refractivity contribution in [1.29, 1.82) is 0 Å². The van der Waals surface area contributed by atoms with E-state index in [0.29, 0.717) is 32.1 Å². The minimum absolute atomic E-state index is 0.0756. The molecule has 1 fully saturated rings. The predicted molar refractivity (Wildman–Crippen MR) is 108 cm³/mol. The highest BCUT2D eigenvalue weighted by atomic mass is 19.4. The lowest BCUT2D eigenvalue weighted by Gasteiger charge is -2.38. The van der Waals surface area contributed by atoms with E-state index in [1.54, 1.807) is 0 Å². The number of hydrogen-bond donors (Lipinski definition) is 0. The summed E-state index contributed by atoms with van der Waals surface area (Å²) in [7, 11) is 0. The summed E-state index contributed by atoms with van der Waals surface area (Å²) in [4.78, 5) is 20.4. The van der Waals surface area contributed by atoms with E-state index in [9.17, 15) is 18.0 Å². The first-order valence-corrected chi connectivity index (χ1v) is 10.0. The molecule has 162 valence electrons. The summed E-state index contributed by atoms with van der Waals surface area (Å²) >= 11 is 0. The van der Waals surface area contributed by atoms with Gasteiger partial charge in [-0.1, -0.05) is 37.3 Å². The number of halogens is 3. The Labute approximate surface area is 172 Å². The van der Waals surface area contributed by atoms with Crippen LogP contribution in [0.25, 0.3) is 0 Å². The fourth-order valence-corrected chi connectivity index (χ4v) is 4.09. The van der Waals surface area contributed by atoms with E-state index in [2.05, 4.69) is 4.98 Å². The molecule has 0 spiro atoms. The fraction of sp³-hybridized carbons (Fsp3) is 0.524. The number of alkyl halides is 3. The second-order valence-electron chi connectivity index (χ2n) is 8.13. The van der Waals surface area contributed by atoms with Crippen molar-refractivity contribution in [3.63, 3.8) is 0 Å². The molecular formula is C21H25F3N4O2. The van der Waals surface area contributed by atoms with Crippen LogP contribution in [0.5, 0.6) is 0 Å². The van der Waals surface area contributed by atoms with Crippen LogP contribution in [0.1, 0.15) is 25.3 Å². The molecule has 0 radical (unpaired) electrons. The van der Waals surface area contributed by atoms with Gasteiger partial charge in [-0.25, -0.2) is 0 Å². The Morgan fingerprint density at radius 2 is 1.87 bits per heavy atom. The minimum atomic E-state index is -4.53. The number of nitrogens with zero attached hydrogens (tertiary/aromatic N) is 4. The van der Waals surface area contributed by atoms with Crippen molar-refractivity contribution in [2.45, 2.75) is 38.0 Å². The summed E-state index contributed by atoms with van der Waals surface area (Å²) in [5.74, 6) is 0.299. The van der Waals surface area contributed by atoms with E-state index < -0.39 is 23.8 Å². The standard InChI is InChI=1S/C21H25F3N4O2/c1-15(16-6-4-3-5-7-16)13-28-19-25-17(26-8-10-30-11-9-26)12-18(29)27(19)14-20(28,2)21(22,23)24/h3-7,12,15H,8-11,13-14H2,1-2H3/t15-,20+/m1/s1. The number of ether oxygens (including phenoxy) is 1. The maximum Gasteiger partial charge on any atom is 0.413 e. The zero-order chi connectivity index (χ0) is 21.5. The first kappa shape index (κ1) is 20.7. The fourth-order valence-electron chi connectivity index (χ4n) is 4.09.